The second-order valence-electron chi connectivity index (χ2n) is 3.58. The molecule has 0 aliphatic carbocycles. The van der Waals surface area contributed by atoms with Crippen LogP contribution in [0.25, 0.3) is 0 Å². The quantitative estimate of drug-likeness (QED) is 0.904. The van der Waals surface area contributed by atoms with E-state index in [2.05, 4.69) is 20.9 Å². The molecule has 2 rings (SSSR count). The fourth-order valence-electron chi connectivity index (χ4n) is 1.32. The predicted molar refractivity (Wildman–Crippen MR) is 72.6 cm³/mol. The number of anilines is 1. The van der Waals surface area contributed by atoms with E-state index in [0.717, 1.165) is 10.0 Å². The minimum Gasteiger partial charge on any atom is -0.436 e. The normalized spacial score (nSPS) is 10.3. The topological polar surface area (TPSA) is 48.1 Å². The maximum atomic E-state index is 5.76. The van der Waals surface area contributed by atoms with E-state index in [9.17, 15) is 0 Å². The Labute approximate surface area is 113 Å². The minimum absolute atomic E-state index is 0.346. The van der Waals surface area contributed by atoms with E-state index < -0.39 is 0 Å². The number of nitrogen functional groups attached to an aromatic ring is 1. The molecule has 1 aromatic carbocycles. The van der Waals surface area contributed by atoms with Gasteiger partial charge < -0.3 is 10.5 Å². The maximum absolute atomic E-state index is 5.76. The summed E-state index contributed by atoms with van der Waals surface area (Å²) in [5, 5.41) is 0.484. The van der Waals surface area contributed by atoms with Gasteiger partial charge in [0.05, 0.1) is 15.2 Å². The summed E-state index contributed by atoms with van der Waals surface area (Å²) in [6.45, 7) is 2.00. The van der Waals surface area contributed by atoms with Gasteiger partial charge in [-0.2, -0.15) is 0 Å². The second-order valence-corrected chi connectivity index (χ2v) is 4.87. The van der Waals surface area contributed by atoms with Crippen LogP contribution in [-0.4, -0.2) is 4.98 Å². The van der Waals surface area contributed by atoms with Crippen LogP contribution in [0.15, 0.2) is 34.9 Å². The highest BCUT2D eigenvalue weighted by molar-refractivity contribution is 9.10. The van der Waals surface area contributed by atoms with Crippen molar-refractivity contribution in [3.8, 4) is 11.6 Å². The van der Waals surface area contributed by atoms with Crippen molar-refractivity contribution in [1.82, 2.24) is 4.98 Å². The van der Waals surface area contributed by atoms with Gasteiger partial charge in [-0.3, -0.25) is 0 Å². The number of hydrogen-bond acceptors (Lipinski definition) is 3. The molecule has 0 radical (unpaired) electrons. The number of ether oxygens (including phenoxy) is 1. The highest BCUT2D eigenvalue weighted by Crippen LogP contribution is 2.32. The van der Waals surface area contributed by atoms with Crippen LogP contribution >= 0.6 is 27.5 Å². The Balaban J connectivity index is 2.31. The van der Waals surface area contributed by atoms with Gasteiger partial charge in [0, 0.05) is 6.20 Å². The number of nitrogens with zero attached hydrogens (tertiary/aromatic N) is 1. The van der Waals surface area contributed by atoms with Gasteiger partial charge in [0.25, 0.3) is 0 Å². The average molecular weight is 314 g/mol. The Hall–Kier alpha value is -1.26. The summed E-state index contributed by atoms with van der Waals surface area (Å²) in [6.07, 6.45) is 1.50. The smallest absolute Gasteiger partial charge is 0.242 e. The molecule has 0 fully saturated rings. The number of pyridine rings is 1. The molecule has 5 heteroatoms. The SMILES string of the molecule is Cc1ccc(Oc2ncc(Cl)cc2N)c(Br)c1. The Morgan fingerprint density at radius 3 is 2.76 bits per heavy atom. The summed E-state index contributed by atoms with van der Waals surface area (Å²) in [5.41, 5.74) is 7.31. The fraction of sp³-hybridized carbons (Fsp3) is 0.0833. The molecule has 2 aromatic rings. The second kappa shape index (κ2) is 4.94. The Morgan fingerprint density at radius 1 is 1.35 bits per heavy atom. The lowest BCUT2D eigenvalue weighted by Crippen LogP contribution is -1.95. The standard InChI is InChI=1S/C12H10BrClN2O/c1-7-2-3-11(9(13)4-7)17-12-10(15)5-8(14)6-16-12/h2-6H,15H2,1H3. The molecule has 0 bridgehead atoms. The molecule has 3 nitrogen and oxygen atoms in total. The monoisotopic (exact) mass is 312 g/mol. The third-order valence-electron chi connectivity index (χ3n) is 2.14. The number of nitrogens with two attached hydrogens (primary N) is 1. The van der Waals surface area contributed by atoms with Crippen LogP contribution in [-0.2, 0) is 0 Å². The van der Waals surface area contributed by atoms with Gasteiger partial charge in [-0.25, -0.2) is 4.98 Å². The van der Waals surface area contributed by atoms with Gasteiger partial charge in [0.2, 0.25) is 5.88 Å². The van der Waals surface area contributed by atoms with Crippen molar-refractivity contribution in [2.45, 2.75) is 6.92 Å². The molecule has 0 atom stereocenters. The van der Waals surface area contributed by atoms with Gasteiger partial charge in [-0.1, -0.05) is 17.7 Å². The van der Waals surface area contributed by atoms with Crippen molar-refractivity contribution in [2.75, 3.05) is 5.73 Å². The van der Waals surface area contributed by atoms with Crippen LogP contribution in [0.3, 0.4) is 0 Å². The van der Waals surface area contributed by atoms with E-state index in [1.54, 1.807) is 6.07 Å². The molecule has 2 N–H and O–H groups in total. The molecule has 0 saturated carbocycles. The molecule has 0 aliphatic heterocycles. The van der Waals surface area contributed by atoms with Gasteiger partial charge in [-0.15, -0.1) is 0 Å². The Morgan fingerprint density at radius 2 is 2.12 bits per heavy atom. The summed E-state index contributed by atoms with van der Waals surface area (Å²) in [6, 6.07) is 7.37. The summed E-state index contributed by atoms with van der Waals surface area (Å²) < 4.78 is 6.46. The van der Waals surface area contributed by atoms with E-state index in [0.29, 0.717) is 22.3 Å². The molecule has 0 aliphatic rings. The summed E-state index contributed by atoms with van der Waals surface area (Å²) in [4.78, 5) is 4.04. The molecule has 17 heavy (non-hydrogen) atoms. The largest absolute Gasteiger partial charge is 0.436 e. The fourth-order valence-corrected chi connectivity index (χ4v) is 2.06. The summed E-state index contributed by atoms with van der Waals surface area (Å²) in [7, 11) is 0. The van der Waals surface area contributed by atoms with Crippen LogP contribution in [0.2, 0.25) is 5.02 Å². The molecule has 1 aromatic heterocycles. The van der Waals surface area contributed by atoms with Crippen LogP contribution in [0, 0.1) is 6.92 Å². The molecule has 0 unspecified atom stereocenters. The van der Waals surface area contributed by atoms with Crippen molar-refractivity contribution >= 4 is 33.2 Å². The third-order valence-corrected chi connectivity index (χ3v) is 2.97. The lowest BCUT2D eigenvalue weighted by molar-refractivity contribution is 0.462. The zero-order valence-electron chi connectivity index (χ0n) is 9.08. The zero-order chi connectivity index (χ0) is 12.4. The van der Waals surface area contributed by atoms with Crippen molar-refractivity contribution in [2.24, 2.45) is 0 Å². The molecule has 0 amide bonds. The highest BCUT2D eigenvalue weighted by Gasteiger charge is 2.07. The average Bonchev–Trinajstić information content (AvgIpc) is 2.25. The van der Waals surface area contributed by atoms with E-state index in [-0.39, 0.29) is 0 Å². The number of hydrogen-bond donors (Lipinski definition) is 1. The van der Waals surface area contributed by atoms with Crippen molar-refractivity contribution in [1.29, 1.82) is 0 Å². The lowest BCUT2D eigenvalue weighted by Gasteiger charge is -2.09. The van der Waals surface area contributed by atoms with E-state index in [1.807, 2.05) is 25.1 Å². The molecular weight excluding hydrogens is 304 g/mol. The van der Waals surface area contributed by atoms with E-state index in [4.69, 9.17) is 22.1 Å². The first-order valence-corrected chi connectivity index (χ1v) is 6.08. The van der Waals surface area contributed by atoms with Gasteiger partial charge in [-0.05, 0) is 46.6 Å². The van der Waals surface area contributed by atoms with Gasteiger partial charge in [0.15, 0.2) is 0 Å². The molecule has 0 spiro atoms. The minimum atomic E-state index is 0.346. The first-order valence-electron chi connectivity index (χ1n) is 4.91. The first-order chi connectivity index (χ1) is 8.06. The van der Waals surface area contributed by atoms with Crippen molar-refractivity contribution < 1.29 is 4.74 Å². The van der Waals surface area contributed by atoms with E-state index >= 15 is 0 Å². The predicted octanol–water partition coefficient (Wildman–Crippen LogP) is 4.18. The van der Waals surface area contributed by atoms with E-state index in [1.165, 1.54) is 6.20 Å². The summed E-state index contributed by atoms with van der Waals surface area (Å²) >= 11 is 9.19. The number of rotatable bonds is 2. The number of aryl methyl sites for hydroxylation is 1. The maximum Gasteiger partial charge on any atom is 0.242 e. The molecule has 88 valence electrons. The molecular formula is C12H10BrClN2O. The first kappa shape index (κ1) is 12.2. The molecule has 0 saturated heterocycles. The van der Waals surface area contributed by atoms with Gasteiger partial charge >= 0.3 is 0 Å². The Kier molecular flexibility index (Phi) is 3.54. The van der Waals surface area contributed by atoms with Crippen LogP contribution in [0.4, 0.5) is 5.69 Å². The molecule has 1 heterocycles. The van der Waals surface area contributed by atoms with Crippen molar-refractivity contribution in [3.63, 3.8) is 0 Å². The van der Waals surface area contributed by atoms with Crippen LogP contribution in [0.1, 0.15) is 5.56 Å². The lowest BCUT2D eigenvalue weighted by atomic mass is 10.2. The highest BCUT2D eigenvalue weighted by atomic mass is 79.9. The van der Waals surface area contributed by atoms with Crippen LogP contribution < -0.4 is 10.5 Å². The number of aromatic nitrogens is 1. The zero-order valence-corrected chi connectivity index (χ0v) is 11.4. The van der Waals surface area contributed by atoms with Gasteiger partial charge in [0.1, 0.15) is 5.75 Å². The Bertz CT molecular complexity index is 511. The summed E-state index contributed by atoms with van der Waals surface area (Å²) in [5.74, 6) is 1.01. The third kappa shape index (κ3) is 2.90. The van der Waals surface area contributed by atoms with Crippen molar-refractivity contribution in [3.05, 3.63) is 45.5 Å². The van der Waals surface area contributed by atoms with Crippen LogP contribution in [0.5, 0.6) is 11.6 Å². The number of halogens is 2. The number of benzene rings is 1.